The molecule has 630 valence electrons. The van der Waals surface area contributed by atoms with Gasteiger partial charge in [0.25, 0.3) is 0 Å². The first-order valence-electron chi connectivity index (χ1n) is 45.0. The van der Waals surface area contributed by atoms with Crippen molar-refractivity contribution in [3.8, 4) is 0 Å². The Kier molecular flexibility index (Phi) is 76.9. The molecular formula is C87H170O17P2. The fraction of sp³-hybridized carbons (Fsp3) is 0.954. The quantitative estimate of drug-likeness (QED) is 0.0222. The number of carbonyl (C=O) groups is 4. The monoisotopic (exact) mass is 1550 g/mol. The molecule has 0 aromatic heterocycles. The number of ether oxygens (including phenoxy) is 4. The number of carbonyl (C=O) groups excluding carboxylic acids is 4. The Labute approximate surface area is 651 Å². The van der Waals surface area contributed by atoms with E-state index in [0.717, 1.165) is 102 Å². The minimum Gasteiger partial charge on any atom is -0.462 e. The highest BCUT2D eigenvalue weighted by atomic mass is 31.2. The molecule has 0 aliphatic heterocycles. The molecule has 0 aromatic rings. The molecule has 6 atom stereocenters. The maximum atomic E-state index is 13.2. The number of hydrogen-bond acceptors (Lipinski definition) is 15. The lowest BCUT2D eigenvalue weighted by atomic mass is 9.99. The highest BCUT2D eigenvalue weighted by molar-refractivity contribution is 7.47. The lowest BCUT2D eigenvalue weighted by Crippen LogP contribution is -2.30. The molecule has 106 heavy (non-hydrogen) atoms. The minimum atomic E-state index is -4.97. The van der Waals surface area contributed by atoms with Gasteiger partial charge in [-0.3, -0.25) is 37.3 Å². The summed E-state index contributed by atoms with van der Waals surface area (Å²) in [7, 11) is -9.93. The predicted molar refractivity (Wildman–Crippen MR) is 437 cm³/mol. The molecule has 0 bridgehead atoms. The van der Waals surface area contributed by atoms with E-state index in [-0.39, 0.29) is 25.7 Å². The van der Waals surface area contributed by atoms with Gasteiger partial charge in [-0.25, -0.2) is 9.13 Å². The summed E-state index contributed by atoms with van der Waals surface area (Å²) < 4.78 is 68.9. The van der Waals surface area contributed by atoms with E-state index in [9.17, 15) is 43.2 Å². The zero-order valence-electron chi connectivity index (χ0n) is 69.7. The van der Waals surface area contributed by atoms with Gasteiger partial charge in [0, 0.05) is 25.7 Å². The van der Waals surface area contributed by atoms with Gasteiger partial charge in [-0.1, -0.05) is 414 Å². The summed E-state index contributed by atoms with van der Waals surface area (Å²) in [6, 6.07) is 0. The van der Waals surface area contributed by atoms with Crippen molar-refractivity contribution >= 4 is 39.5 Å². The zero-order chi connectivity index (χ0) is 77.8. The lowest BCUT2D eigenvalue weighted by molar-refractivity contribution is -0.161. The van der Waals surface area contributed by atoms with Crippen LogP contribution in [0.3, 0.4) is 0 Å². The summed E-state index contributed by atoms with van der Waals surface area (Å²) in [5.74, 6) is -0.457. The number of aliphatic hydroxyl groups is 1. The Morgan fingerprint density at radius 1 is 0.274 bits per heavy atom. The summed E-state index contributed by atoms with van der Waals surface area (Å²) in [5, 5.41) is 10.7. The van der Waals surface area contributed by atoms with Crippen LogP contribution in [-0.2, 0) is 65.4 Å². The van der Waals surface area contributed by atoms with Gasteiger partial charge in [0.05, 0.1) is 26.4 Å². The Hall–Kier alpha value is -1.94. The average Bonchev–Trinajstić information content (AvgIpc) is 0.901. The number of rotatable bonds is 86. The number of aliphatic hydroxyl groups excluding tert-OH is 1. The number of unbranched alkanes of at least 4 members (excludes halogenated alkanes) is 55. The van der Waals surface area contributed by atoms with Crippen LogP contribution >= 0.6 is 15.6 Å². The lowest BCUT2D eigenvalue weighted by Gasteiger charge is -2.21. The third-order valence-electron chi connectivity index (χ3n) is 20.8. The van der Waals surface area contributed by atoms with Crippen molar-refractivity contribution in [2.75, 3.05) is 39.6 Å². The highest BCUT2D eigenvalue weighted by Gasteiger charge is 2.30. The largest absolute Gasteiger partial charge is 0.472 e. The van der Waals surface area contributed by atoms with Gasteiger partial charge in [0.2, 0.25) is 0 Å². The molecule has 0 aliphatic rings. The summed E-state index contributed by atoms with van der Waals surface area (Å²) in [6.45, 7) is 9.73. The van der Waals surface area contributed by atoms with Gasteiger partial charge in [-0.15, -0.1) is 0 Å². The van der Waals surface area contributed by atoms with Crippen molar-refractivity contribution in [1.29, 1.82) is 0 Å². The van der Waals surface area contributed by atoms with Crippen LogP contribution in [0.25, 0.3) is 0 Å². The van der Waals surface area contributed by atoms with E-state index in [1.54, 1.807) is 0 Å². The Bertz CT molecular complexity index is 2030. The smallest absolute Gasteiger partial charge is 0.462 e. The van der Waals surface area contributed by atoms with Gasteiger partial charge >= 0.3 is 39.5 Å². The standard InChI is InChI=1S/C87H170O17P2/c1-7-10-12-14-16-18-19-20-21-22-23-24-25-26-27-28-36-41-47-53-59-65-71-87(92)104-83(76-98-85(90)70-64-58-52-46-40-35-32-30-34-39-45-50-56-62-68-80(6)9-3)78-102-106(95,96)100-74-81(88)73-99-105(93,94)101-77-82(75-97-84(89)69-63-57-51-43-17-15-13-11-8-2)103-86(91)72-66-60-54-48-42-37-31-29-33-38-44-49-55-61-67-79(4)5/h79-83,88H,7-78H2,1-6H3,(H,93,94)(H,95,96)/t80?,81-,82+,83+/m0/s1. The first-order chi connectivity index (χ1) is 51.4. The molecule has 3 unspecified atom stereocenters. The van der Waals surface area contributed by atoms with Gasteiger partial charge in [0.15, 0.2) is 12.2 Å². The van der Waals surface area contributed by atoms with Crippen molar-refractivity contribution in [3.63, 3.8) is 0 Å². The van der Waals surface area contributed by atoms with Gasteiger partial charge in [-0.2, -0.15) is 0 Å². The fourth-order valence-electron chi connectivity index (χ4n) is 13.6. The molecule has 0 radical (unpaired) electrons. The van der Waals surface area contributed by atoms with E-state index in [1.165, 1.54) is 283 Å². The van der Waals surface area contributed by atoms with Crippen LogP contribution in [-0.4, -0.2) is 96.7 Å². The summed E-state index contributed by atoms with van der Waals surface area (Å²) >= 11 is 0. The second-order valence-corrected chi connectivity index (χ2v) is 34.9. The van der Waals surface area contributed by atoms with E-state index in [0.29, 0.717) is 25.7 Å². The van der Waals surface area contributed by atoms with E-state index in [1.807, 2.05) is 0 Å². The zero-order valence-corrected chi connectivity index (χ0v) is 71.5. The van der Waals surface area contributed by atoms with Crippen molar-refractivity contribution < 1.29 is 80.2 Å². The molecule has 3 N–H and O–H groups in total. The molecular weight excluding hydrogens is 1380 g/mol. The molecule has 0 rings (SSSR count). The van der Waals surface area contributed by atoms with Gasteiger partial charge < -0.3 is 33.8 Å². The fourth-order valence-corrected chi connectivity index (χ4v) is 15.1. The number of phosphoric ester groups is 2. The Morgan fingerprint density at radius 3 is 0.717 bits per heavy atom. The molecule has 0 saturated carbocycles. The topological polar surface area (TPSA) is 237 Å². The normalized spacial score (nSPS) is 14.1. The SMILES string of the molecule is CCCCCCCCCCCCCCCCCCCCCCCCC(=O)O[C@H](COC(=O)CCCCCCCCCCCCCCCCC(C)CC)COP(=O)(O)OC[C@@H](O)COP(=O)(O)OC[C@@H](COC(=O)CCCCCCCCCCC)OC(=O)CCCCCCCCCCCCCCCCC(C)C. The minimum absolute atomic E-state index is 0.108. The summed E-state index contributed by atoms with van der Waals surface area (Å²) in [6.07, 6.45) is 70.8. The molecule has 19 heteroatoms. The van der Waals surface area contributed by atoms with E-state index in [4.69, 9.17) is 37.0 Å². The van der Waals surface area contributed by atoms with Gasteiger partial charge in [0.1, 0.15) is 19.3 Å². The van der Waals surface area contributed by atoms with Crippen molar-refractivity contribution in [3.05, 3.63) is 0 Å². The Balaban J connectivity index is 5.20. The molecule has 0 spiro atoms. The van der Waals surface area contributed by atoms with Crippen LogP contribution in [0, 0.1) is 11.8 Å². The molecule has 0 aliphatic carbocycles. The summed E-state index contributed by atoms with van der Waals surface area (Å²) in [5.41, 5.74) is 0. The van der Waals surface area contributed by atoms with Gasteiger partial charge in [-0.05, 0) is 37.5 Å². The molecule has 0 fully saturated rings. The second kappa shape index (κ2) is 78.3. The second-order valence-electron chi connectivity index (χ2n) is 32.0. The van der Waals surface area contributed by atoms with E-state index < -0.39 is 97.5 Å². The first kappa shape index (κ1) is 104. The van der Waals surface area contributed by atoms with E-state index >= 15 is 0 Å². The van der Waals surface area contributed by atoms with Crippen LogP contribution in [0.15, 0.2) is 0 Å². The van der Waals surface area contributed by atoms with Crippen LogP contribution < -0.4 is 0 Å². The average molecular weight is 1550 g/mol. The predicted octanol–water partition coefficient (Wildman–Crippen LogP) is 26.6. The molecule has 0 heterocycles. The summed E-state index contributed by atoms with van der Waals surface area (Å²) in [4.78, 5) is 73.2. The van der Waals surface area contributed by atoms with Crippen LogP contribution in [0.4, 0.5) is 0 Å². The molecule has 0 amide bonds. The van der Waals surface area contributed by atoms with Crippen LogP contribution in [0.1, 0.15) is 465 Å². The third kappa shape index (κ3) is 78.7. The van der Waals surface area contributed by atoms with Crippen molar-refractivity contribution in [2.24, 2.45) is 11.8 Å². The number of esters is 4. The first-order valence-corrected chi connectivity index (χ1v) is 48.0. The van der Waals surface area contributed by atoms with Crippen LogP contribution in [0.5, 0.6) is 0 Å². The number of hydrogen-bond donors (Lipinski definition) is 3. The maximum Gasteiger partial charge on any atom is 0.472 e. The molecule has 17 nitrogen and oxygen atoms in total. The van der Waals surface area contributed by atoms with Crippen molar-refractivity contribution in [1.82, 2.24) is 0 Å². The molecule has 0 saturated heterocycles. The van der Waals surface area contributed by atoms with Crippen molar-refractivity contribution in [2.45, 2.75) is 484 Å². The molecule has 0 aromatic carbocycles. The van der Waals surface area contributed by atoms with E-state index in [2.05, 4.69) is 41.5 Å². The number of phosphoric acid groups is 2. The highest BCUT2D eigenvalue weighted by Crippen LogP contribution is 2.45. The third-order valence-corrected chi connectivity index (χ3v) is 22.7. The Morgan fingerprint density at radius 2 is 0.481 bits per heavy atom. The van der Waals surface area contributed by atoms with Crippen LogP contribution in [0.2, 0.25) is 0 Å². The maximum absolute atomic E-state index is 13.2.